The van der Waals surface area contributed by atoms with Crippen LogP contribution in [0.1, 0.15) is 50.7 Å². The molecule has 0 amide bonds. The van der Waals surface area contributed by atoms with Crippen LogP contribution in [0.5, 0.6) is 0 Å². The Bertz CT molecular complexity index is 392. The van der Waals surface area contributed by atoms with Crippen molar-refractivity contribution in [1.29, 1.82) is 0 Å². The molecule has 0 aromatic heterocycles. The van der Waals surface area contributed by atoms with E-state index in [1.54, 1.807) is 0 Å². The van der Waals surface area contributed by atoms with Crippen molar-refractivity contribution in [1.82, 2.24) is 4.90 Å². The second kappa shape index (κ2) is 7.28. The maximum Gasteiger partial charge on any atom is 0.0816 e. The van der Waals surface area contributed by atoms with Gasteiger partial charge in [-0.1, -0.05) is 43.1 Å². The van der Waals surface area contributed by atoms with E-state index in [-0.39, 0.29) is 0 Å². The summed E-state index contributed by atoms with van der Waals surface area (Å²) in [4.78, 5) is 2.53. The number of aliphatic hydroxyl groups is 1. The smallest absolute Gasteiger partial charge is 0.0816 e. The highest BCUT2D eigenvalue weighted by molar-refractivity contribution is 6.31. The van der Waals surface area contributed by atoms with Gasteiger partial charge in [-0.05, 0) is 43.9 Å². The third-order valence-corrected chi connectivity index (χ3v) is 4.16. The number of hydrogen-bond donors (Lipinski definition) is 1. The van der Waals surface area contributed by atoms with Gasteiger partial charge in [0, 0.05) is 17.6 Å². The van der Waals surface area contributed by atoms with Gasteiger partial charge in [-0.2, -0.15) is 0 Å². The van der Waals surface area contributed by atoms with Crippen molar-refractivity contribution in [3.05, 3.63) is 34.9 Å². The molecule has 1 N–H and O–H groups in total. The molecule has 0 radical (unpaired) electrons. The first-order chi connectivity index (χ1) is 9.22. The number of hydrogen-bond acceptors (Lipinski definition) is 2. The Kier molecular flexibility index (Phi) is 5.68. The van der Waals surface area contributed by atoms with Crippen LogP contribution in [0.15, 0.2) is 24.3 Å². The molecule has 1 aliphatic rings. The molecular weight excluding hydrogens is 258 g/mol. The molecule has 1 unspecified atom stereocenters. The molecule has 0 saturated heterocycles. The van der Waals surface area contributed by atoms with Crippen LogP contribution in [0, 0.1) is 0 Å². The average molecular weight is 282 g/mol. The highest BCUT2D eigenvalue weighted by atomic mass is 35.5. The van der Waals surface area contributed by atoms with Crippen LogP contribution in [0.3, 0.4) is 0 Å². The topological polar surface area (TPSA) is 23.5 Å². The molecule has 1 saturated carbocycles. The molecule has 3 heteroatoms. The van der Waals surface area contributed by atoms with E-state index in [0.29, 0.717) is 5.02 Å². The fourth-order valence-electron chi connectivity index (χ4n) is 2.47. The predicted octanol–water partition coefficient (Wildman–Crippen LogP) is 4.03. The van der Waals surface area contributed by atoms with Crippen LogP contribution >= 0.6 is 11.6 Å². The standard InChI is InChI=1S/C16H24ClNO/c1-2-3-11-18(13-8-9-13)12-10-16(19)14-6-4-5-7-15(14)17/h4-7,13,16,19H,2-3,8-12H2,1H3. The highest BCUT2D eigenvalue weighted by Gasteiger charge is 2.28. The molecule has 1 aliphatic carbocycles. The zero-order chi connectivity index (χ0) is 13.7. The van der Waals surface area contributed by atoms with Crippen LogP contribution in [0.25, 0.3) is 0 Å². The van der Waals surface area contributed by atoms with Crippen molar-refractivity contribution in [2.75, 3.05) is 13.1 Å². The molecule has 1 aromatic rings. The molecule has 1 aromatic carbocycles. The number of nitrogens with zero attached hydrogens (tertiary/aromatic N) is 1. The van der Waals surface area contributed by atoms with Gasteiger partial charge in [0.15, 0.2) is 0 Å². The number of halogens is 1. The quantitative estimate of drug-likeness (QED) is 0.778. The summed E-state index contributed by atoms with van der Waals surface area (Å²) in [6, 6.07) is 8.36. The molecule has 19 heavy (non-hydrogen) atoms. The van der Waals surface area contributed by atoms with E-state index in [1.807, 2.05) is 24.3 Å². The maximum absolute atomic E-state index is 10.3. The Labute approximate surface area is 121 Å². The van der Waals surface area contributed by atoms with Crippen LogP contribution in [-0.4, -0.2) is 29.1 Å². The molecule has 0 heterocycles. The van der Waals surface area contributed by atoms with Gasteiger partial charge in [-0.3, -0.25) is 0 Å². The van der Waals surface area contributed by atoms with E-state index in [4.69, 9.17) is 11.6 Å². The SMILES string of the molecule is CCCCN(CCC(O)c1ccccc1Cl)C1CC1. The molecule has 106 valence electrons. The second-order valence-electron chi connectivity index (χ2n) is 5.45. The van der Waals surface area contributed by atoms with Crippen molar-refractivity contribution in [3.63, 3.8) is 0 Å². The summed E-state index contributed by atoms with van der Waals surface area (Å²) < 4.78 is 0. The maximum atomic E-state index is 10.3. The number of aliphatic hydroxyl groups excluding tert-OH is 1. The summed E-state index contributed by atoms with van der Waals surface area (Å²) >= 11 is 6.12. The van der Waals surface area contributed by atoms with Crippen LogP contribution < -0.4 is 0 Å². The summed E-state index contributed by atoms with van der Waals surface area (Å²) in [6.45, 7) is 4.36. The van der Waals surface area contributed by atoms with Gasteiger partial charge in [-0.15, -0.1) is 0 Å². The molecular formula is C16H24ClNO. The fourth-order valence-corrected chi connectivity index (χ4v) is 2.73. The summed E-state index contributed by atoms with van der Waals surface area (Å²) in [5.74, 6) is 0. The first kappa shape index (κ1) is 14.8. The van der Waals surface area contributed by atoms with Crippen LogP contribution in [-0.2, 0) is 0 Å². The lowest BCUT2D eigenvalue weighted by Gasteiger charge is -2.23. The highest BCUT2D eigenvalue weighted by Crippen LogP contribution is 2.29. The Morgan fingerprint density at radius 2 is 2.05 bits per heavy atom. The van der Waals surface area contributed by atoms with E-state index in [1.165, 1.54) is 25.7 Å². The van der Waals surface area contributed by atoms with Crippen molar-refractivity contribution < 1.29 is 5.11 Å². The Morgan fingerprint density at radius 3 is 2.68 bits per heavy atom. The zero-order valence-corrected chi connectivity index (χ0v) is 12.4. The summed E-state index contributed by atoms with van der Waals surface area (Å²) in [5, 5.41) is 10.9. The van der Waals surface area contributed by atoms with E-state index in [0.717, 1.165) is 31.1 Å². The van der Waals surface area contributed by atoms with Crippen molar-refractivity contribution >= 4 is 11.6 Å². The minimum Gasteiger partial charge on any atom is -0.388 e. The second-order valence-corrected chi connectivity index (χ2v) is 5.85. The van der Waals surface area contributed by atoms with Gasteiger partial charge in [0.25, 0.3) is 0 Å². The molecule has 0 spiro atoms. The Hall–Kier alpha value is -0.570. The summed E-state index contributed by atoms with van der Waals surface area (Å²) in [5.41, 5.74) is 0.857. The number of rotatable bonds is 8. The van der Waals surface area contributed by atoms with Gasteiger partial charge >= 0.3 is 0 Å². The van der Waals surface area contributed by atoms with Crippen LogP contribution in [0.2, 0.25) is 5.02 Å². The van der Waals surface area contributed by atoms with Crippen LogP contribution in [0.4, 0.5) is 0 Å². The van der Waals surface area contributed by atoms with Crippen molar-refractivity contribution in [2.24, 2.45) is 0 Å². The van der Waals surface area contributed by atoms with Crippen molar-refractivity contribution in [2.45, 2.75) is 51.2 Å². The Morgan fingerprint density at radius 1 is 1.32 bits per heavy atom. The molecule has 1 fully saturated rings. The summed E-state index contributed by atoms with van der Waals surface area (Å²) in [6.07, 6.45) is 5.45. The van der Waals surface area contributed by atoms with E-state index in [9.17, 15) is 5.11 Å². The van der Waals surface area contributed by atoms with E-state index < -0.39 is 6.10 Å². The van der Waals surface area contributed by atoms with E-state index >= 15 is 0 Å². The minimum absolute atomic E-state index is 0.448. The molecule has 0 aliphatic heterocycles. The van der Waals surface area contributed by atoms with Gasteiger partial charge < -0.3 is 10.0 Å². The lowest BCUT2D eigenvalue weighted by atomic mass is 10.1. The lowest BCUT2D eigenvalue weighted by molar-refractivity contribution is 0.138. The first-order valence-electron chi connectivity index (χ1n) is 7.39. The Balaban J connectivity index is 1.84. The largest absolute Gasteiger partial charge is 0.388 e. The third kappa shape index (κ3) is 4.48. The van der Waals surface area contributed by atoms with Gasteiger partial charge in [-0.25, -0.2) is 0 Å². The normalized spacial score (nSPS) is 16.8. The average Bonchev–Trinajstić information content (AvgIpc) is 3.23. The zero-order valence-electron chi connectivity index (χ0n) is 11.7. The predicted molar refractivity (Wildman–Crippen MR) is 80.5 cm³/mol. The number of unbranched alkanes of at least 4 members (excludes halogenated alkanes) is 1. The van der Waals surface area contributed by atoms with Gasteiger partial charge in [0.1, 0.15) is 0 Å². The van der Waals surface area contributed by atoms with Gasteiger partial charge in [0.2, 0.25) is 0 Å². The van der Waals surface area contributed by atoms with E-state index in [2.05, 4.69) is 11.8 Å². The number of benzene rings is 1. The monoisotopic (exact) mass is 281 g/mol. The lowest BCUT2D eigenvalue weighted by Crippen LogP contribution is -2.29. The first-order valence-corrected chi connectivity index (χ1v) is 7.76. The minimum atomic E-state index is -0.448. The molecule has 0 bridgehead atoms. The molecule has 2 nitrogen and oxygen atoms in total. The molecule has 2 rings (SSSR count). The van der Waals surface area contributed by atoms with Gasteiger partial charge in [0.05, 0.1) is 6.10 Å². The molecule has 1 atom stereocenters. The summed E-state index contributed by atoms with van der Waals surface area (Å²) in [7, 11) is 0. The van der Waals surface area contributed by atoms with Crippen molar-refractivity contribution in [3.8, 4) is 0 Å². The fraction of sp³-hybridized carbons (Fsp3) is 0.625. The third-order valence-electron chi connectivity index (χ3n) is 3.82.